The second-order valence-corrected chi connectivity index (χ2v) is 2.53. The van der Waals surface area contributed by atoms with Crippen molar-refractivity contribution in [1.82, 2.24) is 20.2 Å². The normalized spacial score (nSPS) is 11.1. The molecule has 0 fully saturated rings. The van der Waals surface area contributed by atoms with E-state index in [1.54, 1.807) is 0 Å². The van der Waals surface area contributed by atoms with Crippen molar-refractivity contribution in [3.63, 3.8) is 0 Å². The molecule has 0 atom stereocenters. The molecule has 13 nitrogen and oxygen atoms in total. The Kier molecular flexibility index (Phi) is 2.44. The third-order valence-corrected chi connectivity index (χ3v) is 1.68. The summed E-state index contributed by atoms with van der Waals surface area (Å²) in [5.74, 6) is -4.88. The van der Waals surface area contributed by atoms with Crippen LogP contribution < -0.4 is 0 Å². The summed E-state index contributed by atoms with van der Waals surface area (Å²) in [5, 5.41) is 40.6. The molecule has 1 rings (SSSR count). The van der Waals surface area contributed by atoms with Crippen LogP contribution in [0.1, 0.15) is 5.82 Å². The molecule has 0 saturated heterocycles. The van der Waals surface area contributed by atoms with Gasteiger partial charge in [-0.1, -0.05) is 5.10 Å². The molecule has 16 heavy (non-hydrogen) atoms. The van der Waals surface area contributed by atoms with E-state index in [9.17, 15) is 30.3 Å². The van der Waals surface area contributed by atoms with Crippen molar-refractivity contribution >= 4 is 0 Å². The zero-order chi connectivity index (χ0) is 12.5. The Bertz CT molecular complexity index is 428. The van der Waals surface area contributed by atoms with Crippen LogP contribution in [0.2, 0.25) is 0 Å². The van der Waals surface area contributed by atoms with E-state index in [1.165, 1.54) is 0 Å². The Morgan fingerprint density at radius 3 is 1.81 bits per heavy atom. The first-order valence-corrected chi connectivity index (χ1v) is 3.51. The Morgan fingerprint density at radius 1 is 1.12 bits per heavy atom. The highest BCUT2D eigenvalue weighted by molar-refractivity contribution is 4.86. The van der Waals surface area contributed by atoms with Crippen LogP contribution >= 0.6 is 0 Å². The van der Waals surface area contributed by atoms with Gasteiger partial charge in [0.1, 0.15) is 0 Å². The first-order chi connectivity index (χ1) is 7.35. The summed E-state index contributed by atoms with van der Waals surface area (Å²) >= 11 is 0. The van der Waals surface area contributed by atoms with Gasteiger partial charge in [-0.2, -0.15) is 0 Å². The van der Waals surface area contributed by atoms with E-state index >= 15 is 0 Å². The third kappa shape index (κ3) is 1.22. The van der Waals surface area contributed by atoms with Crippen molar-refractivity contribution in [2.24, 2.45) is 7.05 Å². The van der Waals surface area contributed by atoms with Crippen LogP contribution in [0.25, 0.3) is 0 Å². The molecule has 0 radical (unpaired) electrons. The van der Waals surface area contributed by atoms with E-state index in [0.717, 1.165) is 7.05 Å². The highest BCUT2D eigenvalue weighted by Crippen LogP contribution is 2.23. The van der Waals surface area contributed by atoms with E-state index in [4.69, 9.17) is 0 Å². The lowest BCUT2D eigenvalue weighted by Gasteiger charge is -2.05. The van der Waals surface area contributed by atoms with Crippen LogP contribution in [-0.4, -0.2) is 35.0 Å². The van der Waals surface area contributed by atoms with Gasteiger partial charge in [0.25, 0.3) is 0 Å². The lowest BCUT2D eigenvalue weighted by atomic mass is 10.3. The predicted molar refractivity (Wildman–Crippen MR) is 41.5 cm³/mol. The molecule has 1 aromatic rings. The lowest BCUT2D eigenvalue weighted by Crippen LogP contribution is -2.52. The third-order valence-electron chi connectivity index (χ3n) is 1.68. The fraction of sp³-hybridized carbons (Fsp3) is 0.667. The highest BCUT2D eigenvalue weighted by Gasteiger charge is 2.77. The number of nitro groups is 3. The maximum Gasteiger partial charge on any atom is 0.764 e. The number of hydrogen-bond donors (Lipinski definition) is 0. The van der Waals surface area contributed by atoms with Crippen molar-refractivity contribution < 1.29 is 14.8 Å². The zero-order valence-electron chi connectivity index (χ0n) is 7.58. The second-order valence-electron chi connectivity index (χ2n) is 2.53. The van der Waals surface area contributed by atoms with Gasteiger partial charge in [-0.05, 0) is 10.4 Å². The van der Waals surface area contributed by atoms with Crippen molar-refractivity contribution in [2.75, 3.05) is 0 Å². The van der Waals surface area contributed by atoms with E-state index < -0.39 is 26.4 Å². The van der Waals surface area contributed by atoms with Crippen LogP contribution in [0.4, 0.5) is 0 Å². The monoisotopic (exact) mass is 233 g/mol. The van der Waals surface area contributed by atoms with Gasteiger partial charge in [0.05, 0.1) is 0 Å². The minimum atomic E-state index is -3.79. The molecule has 0 aromatic carbocycles. The van der Waals surface area contributed by atoms with Gasteiger partial charge in [-0.15, -0.1) is 0 Å². The van der Waals surface area contributed by atoms with Gasteiger partial charge >= 0.3 is 11.6 Å². The summed E-state index contributed by atoms with van der Waals surface area (Å²) in [6, 6.07) is 0. The molecular weight excluding hydrogens is 230 g/mol. The van der Waals surface area contributed by atoms with Crippen LogP contribution in [0.3, 0.4) is 0 Å². The molecule has 1 heterocycles. The maximum atomic E-state index is 10.6. The molecule has 0 spiro atoms. The summed E-state index contributed by atoms with van der Waals surface area (Å²) in [4.78, 5) is 26.7. The van der Waals surface area contributed by atoms with Crippen molar-refractivity contribution in [2.45, 2.75) is 5.79 Å². The maximum absolute atomic E-state index is 10.6. The fourth-order valence-corrected chi connectivity index (χ4v) is 0.959. The first-order valence-electron chi connectivity index (χ1n) is 3.51. The molecule has 0 N–H and O–H groups in total. The van der Waals surface area contributed by atoms with Crippen LogP contribution in [0.15, 0.2) is 0 Å². The molecule has 0 aliphatic carbocycles. The van der Waals surface area contributed by atoms with Crippen molar-refractivity contribution in [3.8, 4) is 0 Å². The van der Waals surface area contributed by atoms with Crippen LogP contribution in [0, 0.1) is 30.3 Å². The highest BCUT2D eigenvalue weighted by atomic mass is 16.7. The number of tetrazole rings is 1. The molecular formula is C3H3N7O6. The minimum Gasteiger partial charge on any atom is -0.252 e. The number of rotatable bonds is 4. The Morgan fingerprint density at radius 2 is 1.56 bits per heavy atom. The summed E-state index contributed by atoms with van der Waals surface area (Å²) in [7, 11) is 1.01. The van der Waals surface area contributed by atoms with E-state index in [-0.39, 0.29) is 0 Å². The standard InChI is InChI=1S/C3H3N7O6/c1-7-2(4-5-6-7)3(8(11)12,9(13)14)10(15)16/h1H3. The molecule has 0 aliphatic heterocycles. The Balaban J connectivity index is 3.59. The van der Waals surface area contributed by atoms with Gasteiger partial charge in [-0.25, -0.2) is 4.68 Å². The zero-order valence-corrected chi connectivity index (χ0v) is 7.58. The molecule has 0 unspecified atom stereocenters. The molecule has 0 amide bonds. The Hall–Kier alpha value is -2.73. The van der Waals surface area contributed by atoms with E-state index in [2.05, 4.69) is 15.5 Å². The summed E-state index contributed by atoms with van der Waals surface area (Å²) in [6.45, 7) is 0. The summed E-state index contributed by atoms with van der Waals surface area (Å²) < 4.78 is 0.494. The molecule has 1 aromatic heterocycles. The second kappa shape index (κ2) is 3.44. The SMILES string of the molecule is Cn1nnnc1C([N+](=O)[O-])([N+](=O)[O-])[N+](=O)[O-]. The average Bonchev–Trinajstić information content (AvgIpc) is 2.51. The number of aryl methyl sites for hydroxylation is 1. The molecule has 0 saturated carbocycles. The van der Waals surface area contributed by atoms with Crippen molar-refractivity contribution in [1.29, 1.82) is 0 Å². The van der Waals surface area contributed by atoms with E-state index in [0.29, 0.717) is 4.68 Å². The Labute approximate surface area is 85.1 Å². The van der Waals surface area contributed by atoms with Gasteiger partial charge in [0.15, 0.2) is 14.8 Å². The van der Waals surface area contributed by atoms with Gasteiger partial charge < -0.3 is 0 Å². The predicted octanol–water partition coefficient (Wildman–Crippen LogP) is -1.85. The first kappa shape index (κ1) is 11.3. The van der Waals surface area contributed by atoms with Gasteiger partial charge in [0.2, 0.25) is 0 Å². The molecule has 13 heteroatoms. The lowest BCUT2D eigenvalue weighted by molar-refractivity contribution is -0.987. The van der Waals surface area contributed by atoms with Crippen molar-refractivity contribution in [3.05, 3.63) is 36.2 Å². The molecule has 0 aliphatic rings. The summed E-state index contributed by atoms with van der Waals surface area (Å²) in [5.41, 5.74) is 0. The number of hydrogen-bond acceptors (Lipinski definition) is 9. The topological polar surface area (TPSA) is 173 Å². The van der Waals surface area contributed by atoms with E-state index in [1.807, 2.05) is 0 Å². The minimum absolute atomic E-state index is 0.494. The molecule has 86 valence electrons. The number of aromatic nitrogens is 4. The van der Waals surface area contributed by atoms with Gasteiger partial charge in [0, 0.05) is 7.05 Å². The summed E-state index contributed by atoms with van der Waals surface area (Å²) in [6.07, 6.45) is 0. The smallest absolute Gasteiger partial charge is 0.252 e. The van der Waals surface area contributed by atoms with Crippen LogP contribution in [0.5, 0.6) is 0 Å². The quantitative estimate of drug-likeness (QED) is 0.328. The molecule has 0 bridgehead atoms. The number of nitrogens with zero attached hydrogens (tertiary/aromatic N) is 7. The fourth-order valence-electron chi connectivity index (χ4n) is 0.959. The largest absolute Gasteiger partial charge is 0.764 e. The van der Waals surface area contributed by atoms with Gasteiger partial charge in [-0.3, -0.25) is 30.3 Å². The van der Waals surface area contributed by atoms with Crippen LogP contribution in [-0.2, 0) is 12.8 Å². The average molecular weight is 233 g/mol.